The molecule has 6 heteroatoms. The van der Waals surface area contributed by atoms with E-state index in [2.05, 4.69) is 10.6 Å². The highest BCUT2D eigenvalue weighted by Gasteiger charge is 2.42. The summed E-state index contributed by atoms with van der Waals surface area (Å²) < 4.78 is 0. The zero-order valence-electron chi connectivity index (χ0n) is 9.07. The third-order valence-electron chi connectivity index (χ3n) is 3.10. The molecular weight excluding hydrogens is 223 g/mol. The number of thioether (sulfide) groups is 1. The first-order valence-corrected chi connectivity index (χ1v) is 6.68. The van der Waals surface area contributed by atoms with Crippen LogP contribution in [0.25, 0.3) is 0 Å². The molecule has 0 aromatic rings. The van der Waals surface area contributed by atoms with Crippen LogP contribution >= 0.6 is 11.8 Å². The molecule has 2 saturated heterocycles. The number of urea groups is 1. The molecule has 2 aliphatic rings. The van der Waals surface area contributed by atoms with Crippen molar-refractivity contribution in [3.05, 3.63) is 0 Å². The molecule has 2 heterocycles. The molecule has 3 atom stereocenters. The van der Waals surface area contributed by atoms with Crippen LogP contribution in [0.2, 0.25) is 0 Å². The van der Waals surface area contributed by atoms with Crippen LogP contribution in [0.1, 0.15) is 25.7 Å². The molecule has 2 amide bonds. The Labute approximate surface area is 101 Å². The van der Waals surface area contributed by atoms with E-state index in [0.717, 1.165) is 25.0 Å². The Morgan fingerprint density at radius 1 is 1.44 bits per heavy atom. The summed E-state index contributed by atoms with van der Waals surface area (Å²) in [7, 11) is 5.08. The summed E-state index contributed by atoms with van der Waals surface area (Å²) in [5.74, 6) is 0.990. The van der Waals surface area contributed by atoms with Gasteiger partial charge in [-0.25, -0.2) is 4.79 Å². The SMILES string of the molecule is [B]C(=O)CCCC[C@@H]1SC[C@@H]2NC(=O)N[C@@H]21. The fourth-order valence-corrected chi connectivity index (χ4v) is 3.83. The lowest BCUT2D eigenvalue weighted by molar-refractivity contribution is -0.111. The number of nitrogens with one attached hydrogen (secondary N) is 2. The van der Waals surface area contributed by atoms with Crippen molar-refractivity contribution in [3.63, 3.8) is 0 Å². The predicted octanol–water partition coefficient (Wildman–Crippen LogP) is 0.407. The van der Waals surface area contributed by atoms with Crippen molar-refractivity contribution in [3.8, 4) is 0 Å². The summed E-state index contributed by atoms with van der Waals surface area (Å²) in [6.07, 6.45) is 3.36. The molecule has 0 spiro atoms. The lowest BCUT2D eigenvalue weighted by Crippen LogP contribution is -2.36. The molecule has 16 heavy (non-hydrogen) atoms. The van der Waals surface area contributed by atoms with Crippen LogP contribution in [-0.2, 0) is 4.79 Å². The quantitative estimate of drug-likeness (QED) is 0.414. The third kappa shape index (κ3) is 2.72. The number of unbranched alkanes of at least 4 members (excludes halogenated alkanes) is 1. The van der Waals surface area contributed by atoms with Gasteiger partial charge in [0.2, 0.25) is 0 Å². The van der Waals surface area contributed by atoms with E-state index in [-0.39, 0.29) is 17.8 Å². The van der Waals surface area contributed by atoms with Gasteiger partial charge < -0.3 is 15.4 Å². The molecule has 0 saturated carbocycles. The molecule has 2 rings (SSSR count). The van der Waals surface area contributed by atoms with E-state index < -0.39 is 0 Å². The van der Waals surface area contributed by atoms with E-state index in [1.54, 1.807) is 0 Å². The average Bonchev–Trinajstić information content (AvgIpc) is 2.72. The second-order valence-electron chi connectivity index (χ2n) is 4.33. The van der Waals surface area contributed by atoms with E-state index in [1.165, 1.54) is 0 Å². The number of hydrogen-bond acceptors (Lipinski definition) is 3. The summed E-state index contributed by atoms with van der Waals surface area (Å²) in [6, 6.07) is 0.516. The molecule has 0 unspecified atom stereocenters. The minimum absolute atomic E-state index is 0.0440. The largest absolute Gasteiger partial charge is 0.332 e. The van der Waals surface area contributed by atoms with Crippen LogP contribution in [0.15, 0.2) is 0 Å². The summed E-state index contributed by atoms with van der Waals surface area (Å²) in [5.41, 5.74) is -0.229. The summed E-state index contributed by atoms with van der Waals surface area (Å²) in [6.45, 7) is 0. The van der Waals surface area contributed by atoms with Crippen molar-refractivity contribution in [2.75, 3.05) is 5.75 Å². The predicted molar refractivity (Wildman–Crippen MR) is 64.7 cm³/mol. The molecule has 0 aliphatic carbocycles. The highest BCUT2D eigenvalue weighted by Crippen LogP contribution is 2.33. The maximum atomic E-state index is 11.1. The Balaban J connectivity index is 1.70. The Kier molecular flexibility index (Phi) is 3.79. The standard InChI is InChI=1S/C10H15BN2O2S/c11-8(14)4-2-1-3-7-9-6(5-16-7)12-10(15)13-9/h6-7,9H,1-5H2,(H2,12,13,15)/t6-,7-,9-/m0/s1. The van der Waals surface area contributed by atoms with Crippen molar-refractivity contribution in [1.29, 1.82) is 0 Å². The van der Waals surface area contributed by atoms with Gasteiger partial charge in [-0.05, 0) is 19.3 Å². The van der Waals surface area contributed by atoms with Crippen molar-refractivity contribution in [1.82, 2.24) is 10.6 Å². The monoisotopic (exact) mass is 238 g/mol. The van der Waals surface area contributed by atoms with Gasteiger partial charge in [-0.3, -0.25) is 0 Å². The second-order valence-corrected chi connectivity index (χ2v) is 5.61. The molecule has 0 aromatic heterocycles. The van der Waals surface area contributed by atoms with Gasteiger partial charge in [0.1, 0.15) is 0 Å². The highest BCUT2D eigenvalue weighted by molar-refractivity contribution is 8.00. The summed E-state index contributed by atoms with van der Waals surface area (Å²) in [4.78, 5) is 21.7. The Hall–Kier alpha value is -0.645. The fraction of sp³-hybridized carbons (Fsp3) is 0.800. The Morgan fingerprint density at radius 3 is 3.00 bits per heavy atom. The van der Waals surface area contributed by atoms with Crippen LogP contribution in [0.5, 0.6) is 0 Å². The zero-order valence-corrected chi connectivity index (χ0v) is 9.89. The molecule has 4 nitrogen and oxygen atoms in total. The van der Waals surface area contributed by atoms with Crippen molar-refractivity contribution in [2.24, 2.45) is 0 Å². The van der Waals surface area contributed by atoms with Gasteiger partial charge in [0.05, 0.1) is 17.8 Å². The topological polar surface area (TPSA) is 58.2 Å². The second kappa shape index (κ2) is 5.12. The normalized spacial score (nSPS) is 32.0. The average molecular weight is 238 g/mol. The van der Waals surface area contributed by atoms with Gasteiger partial charge in [0.15, 0.2) is 7.85 Å². The van der Waals surface area contributed by atoms with Crippen molar-refractivity contribution in [2.45, 2.75) is 43.0 Å². The minimum Gasteiger partial charge on any atom is -0.332 e. The molecule has 2 N–H and O–H groups in total. The van der Waals surface area contributed by atoms with Crippen LogP contribution in [0, 0.1) is 0 Å². The van der Waals surface area contributed by atoms with Crippen LogP contribution in [0.4, 0.5) is 4.79 Å². The molecule has 0 aromatic carbocycles. The molecule has 86 valence electrons. The van der Waals surface area contributed by atoms with Gasteiger partial charge in [0, 0.05) is 11.0 Å². The Morgan fingerprint density at radius 2 is 2.25 bits per heavy atom. The lowest BCUT2D eigenvalue weighted by atomic mass is 9.95. The lowest BCUT2D eigenvalue weighted by Gasteiger charge is -2.16. The molecule has 2 fully saturated rings. The maximum absolute atomic E-state index is 11.1. The number of carbonyl (C=O) groups excluding carboxylic acids is 2. The number of rotatable bonds is 5. The Bertz CT molecular complexity index is 301. The number of fused-ring (bicyclic) bond motifs is 1. The van der Waals surface area contributed by atoms with Gasteiger partial charge >= 0.3 is 6.03 Å². The van der Waals surface area contributed by atoms with Crippen molar-refractivity contribution < 1.29 is 9.59 Å². The van der Waals surface area contributed by atoms with Crippen molar-refractivity contribution >= 4 is 31.3 Å². The van der Waals surface area contributed by atoms with Crippen LogP contribution in [-0.4, -0.2) is 42.6 Å². The first-order valence-electron chi connectivity index (χ1n) is 5.64. The molecule has 0 bridgehead atoms. The zero-order chi connectivity index (χ0) is 11.5. The van der Waals surface area contributed by atoms with Gasteiger partial charge in [-0.1, -0.05) is 6.42 Å². The smallest absolute Gasteiger partial charge is 0.315 e. The molecule has 2 radical (unpaired) electrons. The first kappa shape index (κ1) is 11.8. The van der Waals surface area contributed by atoms with E-state index in [9.17, 15) is 9.59 Å². The fourth-order valence-electron chi connectivity index (χ4n) is 2.29. The number of amides is 2. The van der Waals surface area contributed by atoms with Crippen LogP contribution < -0.4 is 10.6 Å². The highest BCUT2D eigenvalue weighted by atomic mass is 32.2. The minimum atomic E-state index is -0.229. The first-order chi connectivity index (χ1) is 7.66. The van der Waals surface area contributed by atoms with E-state index in [4.69, 9.17) is 7.85 Å². The van der Waals surface area contributed by atoms with E-state index >= 15 is 0 Å². The summed E-state index contributed by atoms with van der Waals surface area (Å²) >= 11 is 1.90. The number of carbonyl (C=O) groups is 2. The van der Waals surface area contributed by atoms with E-state index in [1.807, 2.05) is 11.8 Å². The van der Waals surface area contributed by atoms with E-state index in [0.29, 0.717) is 17.7 Å². The van der Waals surface area contributed by atoms with Crippen LogP contribution in [0.3, 0.4) is 0 Å². The maximum Gasteiger partial charge on any atom is 0.315 e. The van der Waals surface area contributed by atoms with Gasteiger partial charge in [0.25, 0.3) is 0 Å². The third-order valence-corrected chi connectivity index (χ3v) is 4.61. The summed E-state index contributed by atoms with van der Waals surface area (Å²) in [5, 5.41) is 6.35. The number of hydrogen-bond donors (Lipinski definition) is 2. The van der Waals surface area contributed by atoms with Gasteiger partial charge in [-0.15, -0.1) is 0 Å². The molecule has 2 aliphatic heterocycles. The molecular formula is C10H15BN2O2S. The van der Waals surface area contributed by atoms with Gasteiger partial charge in [-0.2, -0.15) is 11.8 Å².